The maximum Gasteiger partial charge on any atom is 0.258 e. The van der Waals surface area contributed by atoms with Gasteiger partial charge in [0.2, 0.25) is 10.0 Å². The lowest BCUT2D eigenvalue weighted by molar-refractivity contribution is -0.0451. The number of anilines is 1. The molecule has 0 aliphatic carbocycles. The van der Waals surface area contributed by atoms with Crippen molar-refractivity contribution in [3.63, 3.8) is 0 Å². The fraction of sp³-hybridized carbons (Fsp3) is 0.611. The van der Waals surface area contributed by atoms with Gasteiger partial charge in [0.1, 0.15) is 18.5 Å². The molecule has 0 unspecified atom stereocenters. The van der Waals surface area contributed by atoms with Crippen LogP contribution < -0.4 is 10.0 Å². The van der Waals surface area contributed by atoms with Gasteiger partial charge in [-0.05, 0) is 7.05 Å². The molecule has 0 bridgehead atoms. The lowest BCUT2D eigenvalue weighted by Gasteiger charge is -2.16. The predicted molar refractivity (Wildman–Crippen MR) is 115 cm³/mol. The number of aliphatic hydroxyl groups is 2. The van der Waals surface area contributed by atoms with Gasteiger partial charge in [-0.1, -0.05) is 25.9 Å². The zero-order valence-corrected chi connectivity index (χ0v) is 19.3. The molecule has 3 aromatic heterocycles. The fourth-order valence-corrected chi connectivity index (χ4v) is 3.90. The lowest BCUT2D eigenvalue weighted by atomic mass is 9.96. The summed E-state index contributed by atoms with van der Waals surface area (Å²) >= 11 is 0. The number of aromatic nitrogens is 6. The number of imidazole rings is 1. The Labute approximate surface area is 189 Å². The number of aliphatic hydroxyl groups excluding tert-OH is 2. The Balaban J connectivity index is 1.57. The zero-order chi connectivity index (χ0) is 24.0. The first-order chi connectivity index (χ1) is 15.5. The van der Waals surface area contributed by atoms with Crippen LogP contribution in [0.15, 0.2) is 17.2 Å². The Morgan fingerprint density at radius 2 is 1.94 bits per heavy atom. The fourth-order valence-electron chi connectivity index (χ4n) is 3.32. The molecule has 0 radical (unpaired) electrons. The van der Waals surface area contributed by atoms with Crippen LogP contribution in [0.4, 0.5) is 5.82 Å². The molecule has 15 heteroatoms. The minimum absolute atomic E-state index is 0.0566. The first-order valence-corrected chi connectivity index (χ1v) is 11.9. The summed E-state index contributed by atoms with van der Waals surface area (Å²) < 4.78 is 38.1. The Morgan fingerprint density at radius 1 is 1.18 bits per heavy atom. The molecule has 4 heterocycles. The SMILES string of the molecule is CNS(=O)(=O)CCNc1ncnc2c1ncn2[C@@H]1O[C@H](c2nc(C(C)(C)C)no2)[C@@H](O)[C@@H]1O. The highest BCUT2D eigenvalue weighted by Crippen LogP contribution is 2.39. The number of nitrogens with one attached hydrogen (secondary N) is 2. The van der Waals surface area contributed by atoms with Gasteiger partial charge in [0, 0.05) is 12.0 Å². The molecular formula is C18H26N8O6S. The monoisotopic (exact) mass is 482 g/mol. The van der Waals surface area contributed by atoms with Crippen LogP contribution in [0.1, 0.15) is 44.8 Å². The molecule has 1 aliphatic heterocycles. The summed E-state index contributed by atoms with van der Waals surface area (Å²) in [5.41, 5.74) is 0.305. The van der Waals surface area contributed by atoms with Crippen LogP contribution in [-0.2, 0) is 20.2 Å². The van der Waals surface area contributed by atoms with Crippen molar-refractivity contribution in [1.29, 1.82) is 0 Å². The Kier molecular flexibility index (Phi) is 6.09. The molecule has 4 rings (SSSR count). The zero-order valence-electron chi connectivity index (χ0n) is 18.5. The van der Waals surface area contributed by atoms with E-state index in [2.05, 4.69) is 35.1 Å². The number of hydrogen-bond acceptors (Lipinski definition) is 12. The molecular weight excluding hydrogens is 456 g/mol. The van der Waals surface area contributed by atoms with E-state index in [-0.39, 0.29) is 23.6 Å². The van der Waals surface area contributed by atoms with E-state index in [1.54, 1.807) is 0 Å². The van der Waals surface area contributed by atoms with Gasteiger partial charge in [0.05, 0.1) is 12.1 Å². The summed E-state index contributed by atoms with van der Waals surface area (Å²) in [6.45, 7) is 5.85. The molecule has 1 aliphatic rings. The smallest absolute Gasteiger partial charge is 0.258 e. The predicted octanol–water partition coefficient (Wildman–Crippen LogP) is -0.540. The van der Waals surface area contributed by atoms with Crippen molar-refractivity contribution in [2.45, 2.75) is 50.7 Å². The van der Waals surface area contributed by atoms with Crippen molar-refractivity contribution in [2.24, 2.45) is 0 Å². The lowest BCUT2D eigenvalue weighted by Crippen LogP contribution is -2.29. The number of rotatable bonds is 7. The van der Waals surface area contributed by atoms with Crippen molar-refractivity contribution >= 4 is 27.0 Å². The van der Waals surface area contributed by atoms with Gasteiger partial charge in [-0.2, -0.15) is 4.98 Å². The summed E-state index contributed by atoms with van der Waals surface area (Å²) in [6.07, 6.45) is -2.06. The summed E-state index contributed by atoms with van der Waals surface area (Å²) in [5.74, 6) is 0.667. The Bertz CT molecular complexity index is 1240. The van der Waals surface area contributed by atoms with Crippen LogP contribution in [-0.4, -0.2) is 79.8 Å². The second-order valence-corrected chi connectivity index (χ2v) is 10.7. The molecule has 0 spiro atoms. The third-order valence-corrected chi connectivity index (χ3v) is 6.57. The first kappa shape index (κ1) is 23.4. The number of sulfonamides is 1. The van der Waals surface area contributed by atoms with Crippen molar-refractivity contribution in [2.75, 3.05) is 24.7 Å². The average Bonchev–Trinajstić information content (AvgIpc) is 3.47. The van der Waals surface area contributed by atoms with Crippen LogP contribution in [0.3, 0.4) is 0 Å². The maximum atomic E-state index is 11.6. The van der Waals surface area contributed by atoms with E-state index in [0.717, 1.165) is 0 Å². The quantitative estimate of drug-likeness (QED) is 0.337. The summed E-state index contributed by atoms with van der Waals surface area (Å²) in [5, 5.41) is 28.1. The highest BCUT2D eigenvalue weighted by atomic mass is 32.2. The van der Waals surface area contributed by atoms with E-state index in [1.165, 1.54) is 24.3 Å². The van der Waals surface area contributed by atoms with Crippen LogP contribution in [0.2, 0.25) is 0 Å². The van der Waals surface area contributed by atoms with Crippen molar-refractivity contribution in [3.05, 3.63) is 24.4 Å². The second kappa shape index (κ2) is 8.57. The van der Waals surface area contributed by atoms with Crippen LogP contribution in [0.5, 0.6) is 0 Å². The average molecular weight is 483 g/mol. The van der Waals surface area contributed by atoms with Gasteiger partial charge in [0.25, 0.3) is 5.89 Å². The normalized spacial score (nSPS) is 23.9. The molecule has 1 fully saturated rings. The molecule has 0 aromatic carbocycles. The standard InChI is InChI=1S/C18H26N8O6S/c1-18(2,3)17-24-15(32-25-17)12-10(27)11(28)16(31-12)26-8-23-9-13(21-7-22-14(9)26)20-5-6-33(29,30)19-4/h7-8,10-12,16,19,27-28H,5-6H2,1-4H3,(H,20,21,22)/t10-,11-,12-,16+/m0/s1. The molecule has 14 nitrogen and oxygen atoms in total. The van der Waals surface area contributed by atoms with Crippen molar-refractivity contribution in [1.82, 2.24) is 34.4 Å². The van der Waals surface area contributed by atoms with Crippen molar-refractivity contribution in [3.8, 4) is 0 Å². The summed E-state index contributed by atoms with van der Waals surface area (Å²) in [4.78, 5) is 16.9. The summed E-state index contributed by atoms with van der Waals surface area (Å²) in [7, 11) is -2.05. The number of ether oxygens (including phenoxy) is 1. The van der Waals surface area contributed by atoms with E-state index < -0.39 is 34.6 Å². The van der Waals surface area contributed by atoms with E-state index >= 15 is 0 Å². The second-order valence-electron chi connectivity index (χ2n) is 8.63. The molecule has 33 heavy (non-hydrogen) atoms. The minimum Gasteiger partial charge on any atom is -0.387 e. The minimum atomic E-state index is -3.39. The van der Waals surface area contributed by atoms with E-state index in [1.807, 2.05) is 20.8 Å². The number of hydrogen-bond donors (Lipinski definition) is 4. The molecule has 1 saturated heterocycles. The largest absolute Gasteiger partial charge is 0.387 e. The molecule has 0 amide bonds. The van der Waals surface area contributed by atoms with Gasteiger partial charge in [-0.25, -0.2) is 28.1 Å². The highest BCUT2D eigenvalue weighted by Gasteiger charge is 2.48. The van der Waals surface area contributed by atoms with E-state index in [0.29, 0.717) is 22.8 Å². The highest BCUT2D eigenvalue weighted by molar-refractivity contribution is 7.89. The number of nitrogens with zero attached hydrogens (tertiary/aromatic N) is 6. The van der Waals surface area contributed by atoms with Crippen LogP contribution >= 0.6 is 0 Å². The Hall–Kier alpha value is -2.72. The molecule has 0 saturated carbocycles. The Morgan fingerprint density at radius 3 is 2.61 bits per heavy atom. The van der Waals surface area contributed by atoms with E-state index in [4.69, 9.17) is 9.26 Å². The van der Waals surface area contributed by atoms with Gasteiger partial charge in [-0.15, -0.1) is 0 Å². The summed E-state index contributed by atoms with van der Waals surface area (Å²) in [6, 6.07) is 0. The van der Waals surface area contributed by atoms with Crippen LogP contribution in [0.25, 0.3) is 11.2 Å². The number of fused-ring (bicyclic) bond motifs is 1. The third-order valence-electron chi connectivity index (χ3n) is 5.20. The van der Waals surface area contributed by atoms with Crippen LogP contribution in [0, 0.1) is 0 Å². The topological polar surface area (TPSA) is 190 Å². The first-order valence-electron chi connectivity index (χ1n) is 10.2. The van der Waals surface area contributed by atoms with Gasteiger partial charge in [0.15, 0.2) is 35.1 Å². The van der Waals surface area contributed by atoms with Gasteiger partial charge >= 0.3 is 0 Å². The molecule has 4 atom stereocenters. The maximum absolute atomic E-state index is 11.6. The van der Waals surface area contributed by atoms with Crippen molar-refractivity contribution < 1.29 is 27.9 Å². The van der Waals surface area contributed by atoms with E-state index in [9.17, 15) is 18.6 Å². The van der Waals surface area contributed by atoms with Gasteiger partial charge in [-0.3, -0.25) is 4.57 Å². The third kappa shape index (κ3) is 4.54. The molecule has 3 aromatic rings. The van der Waals surface area contributed by atoms with Gasteiger partial charge < -0.3 is 24.8 Å². The molecule has 180 valence electrons. The molecule has 4 N–H and O–H groups in total.